The highest BCUT2D eigenvalue weighted by Crippen LogP contribution is 2.31. The number of rotatable bonds is 5. The monoisotopic (exact) mass is 237 g/mol. The lowest BCUT2D eigenvalue weighted by Gasteiger charge is -2.05. The van der Waals surface area contributed by atoms with Gasteiger partial charge < -0.3 is 16.2 Å². The topological polar surface area (TPSA) is 104 Å². The second kappa shape index (κ2) is 5.86. The van der Waals surface area contributed by atoms with E-state index in [0.29, 0.717) is 24.3 Å². The first-order valence-corrected chi connectivity index (χ1v) is 5.08. The van der Waals surface area contributed by atoms with Gasteiger partial charge in [-0.3, -0.25) is 10.1 Å². The molecule has 6 heteroatoms. The van der Waals surface area contributed by atoms with Gasteiger partial charge in [0.25, 0.3) is 5.69 Å². The molecule has 0 saturated carbocycles. The Balaban J connectivity index is 3.19. The summed E-state index contributed by atoms with van der Waals surface area (Å²) >= 11 is 0. The van der Waals surface area contributed by atoms with E-state index in [2.05, 4.69) is 0 Å². The minimum Gasteiger partial charge on any atom is -0.496 e. The summed E-state index contributed by atoms with van der Waals surface area (Å²) in [6.07, 6.45) is 4.21. The molecule has 0 bridgehead atoms. The molecule has 0 aliphatic heterocycles. The van der Waals surface area contributed by atoms with Crippen molar-refractivity contribution in [2.75, 3.05) is 19.4 Å². The second-order valence-corrected chi connectivity index (χ2v) is 3.39. The van der Waals surface area contributed by atoms with Crippen molar-refractivity contribution in [3.8, 4) is 5.75 Å². The molecule has 0 spiro atoms. The zero-order chi connectivity index (χ0) is 12.8. The lowest BCUT2D eigenvalue weighted by Crippen LogP contribution is -1.99. The largest absolute Gasteiger partial charge is 0.496 e. The molecule has 92 valence electrons. The summed E-state index contributed by atoms with van der Waals surface area (Å²) in [5.41, 5.74) is 11.6. The molecule has 4 N–H and O–H groups in total. The first-order valence-electron chi connectivity index (χ1n) is 5.08. The predicted molar refractivity (Wildman–Crippen MR) is 66.8 cm³/mol. The predicted octanol–water partition coefficient (Wildman–Crippen LogP) is 1.55. The van der Waals surface area contributed by atoms with Gasteiger partial charge >= 0.3 is 0 Å². The van der Waals surface area contributed by atoms with Crippen LogP contribution in [-0.4, -0.2) is 18.6 Å². The van der Waals surface area contributed by atoms with Gasteiger partial charge in [0.1, 0.15) is 11.4 Å². The fraction of sp³-hybridized carbons (Fsp3) is 0.273. The fourth-order valence-electron chi connectivity index (χ4n) is 1.35. The van der Waals surface area contributed by atoms with Crippen LogP contribution in [0.25, 0.3) is 6.08 Å². The molecule has 6 nitrogen and oxygen atoms in total. The molecule has 0 saturated heterocycles. The minimum absolute atomic E-state index is 0.129. The van der Waals surface area contributed by atoms with Crippen LogP contribution < -0.4 is 16.2 Å². The molecule has 17 heavy (non-hydrogen) atoms. The molecule has 1 aromatic rings. The Morgan fingerprint density at radius 3 is 2.76 bits per heavy atom. The van der Waals surface area contributed by atoms with E-state index in [1.165, 1.54) is 13.2 Å². The molecule has 0 fully saturated rings. The maximum atomic E-state index is 10.8. The number of anilines is 1. The van der Waals surface area contributed by atoms with E-state index >= 15 is 0 Å². The summed E-state index contributed by atoms with van der Waals surface area (Å²) in [4.78, 5) is 10.3. The van der Waals surface area contributed by atoms with E-state index in [9.17, 15) is 10.1 Å². The molecule has 0 aliphatic carbocycles. The summed E-state index contributed by atoms with van der Waals surface area (Å²) in [7, 11) is 1.45. The van der Waals surface area contributed by atoms with Crippen molar-refractivity contribution in [2.24, 2.45) is 5.73 Å². The van der Waals surface area contributed by atoms with Gasteiger partial charge in [0, 0.05) is 5.56 Å². The zero-order valence-electron chi connectivity index (χ0n) is 9.55. The van der Waals surface area contributed by atoms with Crippen LogP contribution in [-0.2, 0) is 0 Å². The van der Waals surface area contributed by atoms with E-state index in [1.807, 2.05) is 6.08 Å². The van der Waals surface area contributed by atoms with E-state index in [-0.39, 0.29) is 11.4 Å². The summed E-state index contributed by atoms with van der Waals surface area (Å²) in [6.45, 7) is 0.516. The van der Waals surface area contributed by atoms with Crippen LogP contribution in [0, 0.1) is 10.1 Å². The van der Waals surface area contributed by atoms with Gasteiger partial charge in [0.15, 0.2) is 0 Å². The highest BCUT2D eigenvalue weighted by atomic mass is 16.6. The number of hydrogen-bond donors (Lipinski definition) is 2. The van der Waals surface area contributed by atoms with Crippen molar-refractivity contribution in [1.82, 2.24) is 0 Å². The van der Waals surface area contributed by atoms with Gasteiger partial charge in [0.2, 0.25) is 0 Å². The number of nitro benzene ring substituents is 1. The van der Waals surface area contributed by atoms with Gasteiger partial charge in [-0.05, 0) is 19.0 Å². The maximum Gasteiger partial charge on any atom is 0.296 e. The van der Waals surface area contributed by atoms with Gasteiger partial charge in [0.05, 0.1) is 18.1 Å². The maximum absolute atomic E-state index is 10.8. The molecular weight excluding hydrogens is 222 g/mol. The van der Waals surface area contributed by atoms with E-state index in [1.54, 1.807) is 12.1 Å². The molecule has 0 radical (unpaired) electrons. The molecule has 0 atom stereocenters. The van der Waals surface area contributed by atoms with Crippen LogP contribution in [0.4, 0.5) is 11.4 Å². The van der Waals surface area contributed by atoms with Crippen LogP contribution in [0.3, 0.4) is 0 Å². The summed E-state index contributed by atoms with van der Waals surface area (Å²) in [5, 5.41) is 10.8. The zero-order valence-corrected chi connectivity index (χ0v) is 9.55. The van der Waals surface area contributed by atoms with E-state index in [0.717, 1.165) is 0 Å². The quantitative estimate of drug-likeness (QED) is 0.459. The van der Waals surface area contributed by atoms with Gasteiger partial charge in [-0.1, -0.05) is 12.2 Å². The van der Waals surface area contributed by atoms with Gasteiger partial charge in [-0.15, -0.1) is 0 Å². The third-order valence-corrected chi connectivity index (χ3v) is 2.23. The van der Waals surface area contributed by atoms with Crippen LogP contribution in [0.5, 0.6) is 5.75 Å². The molecule has 1 aromatic carbocycles. The molecule has 0 heterocycles. The van der Waals surface area contributed by atoms with E-state index in [4.69, 9.17) is 16.2 Å². The first-order chi connectivity index (χ1) is 8.10. The van der Waals surface area contributed by atoms with Crippen molar-refractivity contribution in [3.05, 3.63) is 33.9 Å². The highest BCUT2D eigenvalue weighted by Gasteiger charge is 2.16. The molecule has 0 aliphatic rings. The number of nitro groups is 1. The SMILES string of the molecule is COc1cc(C=CCCN)c(N)c([N+](=O)[O-])c1. The number of methoxy groups -OCH3 is 1. The fourth-order valence-corrected chi connectivity index (χ4v) is 1.35. The molecule has 0 amide bonds. The van der Waals surface area contributed by atoms with Crippen LogP contribution >= 0.6 is 0 Å². The number of nitrogen functional groups attached to an aromatic ring is 1. The summed E-state index contributed by atoms with van der Waals surface area (Å²) in [6, 6.07) is 2.95. The van der Waals surface area contributed by atoms with Crippen molar-refractivity contribution in [1.29, 1.82) is 0 Å². The Bertz CT molecular complexity index is 444. The van der Waals surface area contributed by atoms with E-state index < -0.39 is 4.92 Å². The lowest BCUT2D eigenvalue weighted by molar-refractivity contribution is -0.384. The molecule has 0 aromatic heterocycles. The van der Waals surface area contributed by atoms with Crippen LogP contribution in [0.1, 0.15) is 12.0 Å². The third-order valence-electron chi connectivity index (χ3n) is 2.23. The molecule has 1 rings (SSSR count). The standard InChI is InChI=1S/C11H15N3O3/c1-17-9-6-8(4-2-3-5-12)11(13)10(7-9)14(15)16/h2,4,6-7H,3,5,12-13H2,1H3. The minimum atomic E-state index is -0.530. The highest BCUT2D eigenvalue weighted by molar-refractivity contribution is 5.75. The Morgan fingerprint density at radius 2 is 2.24 bits per heavy atom. The average molecular weight is 237 g/mol. The molecular formula is C11H15N3O3. The Hall–Kier alpha value is -2.08. The number of benzene rings is 1. The first kappa shape index (κ1) is 13.0. The Labute approximate surface area is 99.0 Å². The van der Waals surface area contributed by atoms with Crippen molar-refractivity contribution in [3.63, 3.8) is 0 Å². The van der Waals surface area contributed by atoms with Gasteiger partial charge in [-0.2, -0.15) is 0 Å². The summed E-state index contributed by atoms with van der Waals surface area (Å²) in [5.74, 6) is 0.401. The van der Waals surface area contributed by atoms with Crippen LogP contribution in [0.2, 0.25) is 0 Å². The summed E-state index contributed by atoms with van der Waals surface area (Å²) < 4.78 is 4.99. The Kier molecular flexibility index (Phi) is 4.47. The third kappa shape index (κ3) is 3.18. The number of ether oxygens (including phenoxy) is 1. The number of hydrogen-bond acceptors (Lipinski definition) is 5. The number of nitrogens with zero attached hydrogens (tertiary/aromatic N) is 1. The smallest absolute Gasteiger partial charge is 0.296 e. The van der Waals surface area contributed by atoms with Gasteiger partial charge in [-0.25, -0.2) is 0 Å². The van der Waals surface area contributed by atoms with Crippen molar-refractivity contribution in [2.45, 2.75) is 6.42 Å². The average Bonchev–Trinajstić information content (AvgIpc) is 2.31. The van der Waals surface area contributed by atoms with Crippen molar-refractivity contribution >= 4 is 17.5 Å². The number of nitrogens with two attached hydrogens (primary N) is 2. The van der Waals surface area contributed by atoms with Crippen molar-refractivity contribution < 1.29 is 9.66 Å². The lowest BCUT2D eigenvalue weighted by atomic mass is 10.1. The second-order valence-electron chi connectivity index (χ2n) is 3.39. The van der Waals surface area contributed by atoms with Crippen LogP contribution in [0.15, 0.2) is 18.2 Å². The molecule has 0 unspecified atom stereocenters. The normalized spacial score (nSPS) is 10.7. The Morgan fingerprint density at radius 1 is 1.53 bits per heavy atom.